The molecule has 1 N–H and O–H groups in total. The summed E-state index contributed by atoms with van der Waals surface area (Å²) in [4.78, 5) is 25.6. The second kappa shape index (κ2) is 8.37. The Hall–Kier alpha value is -2.63. The number of carbonyl (C=O) groups excluding carboxylic acids is 2. The van der Waals surface area contributed by atoms with Gasteiger partial charge in [-0.2, -0.15) is 0 Å². The van der Waals surface area contributed by atoms with E-state index in [0.29, 0.717) is 20.6 Å². The molecule has 0 saturated heterocycles. The first kappa shape index (κ1) is 19.1. The minimum atomic E-state index is -1.17. The van der Waals surface area contributed by atoms with Gasteiger partial charge in [-0.3, -0.25) is 4.79 Å². The van der Waals surface area contributed by atoms with Crippen LogP contribution in [0.2, 0.25) is 5.02 Å². The molecule has 3 aromatic rings. The molecule has 0 bridgehead atoms. The molecule has 0 aromatic heterocycles. The van der Waals surface area contributed by atoms with E-state index in [0.717, 1.165) is 0 Å². The number of Topliss-reactive ketones (excluding diaryl/α,β-unsaturated/α-hetero) is 1. The zero-order valence-corrected chi connectivity index (χ0v) is 16.3. The zero-order chi connectivity index (χ0) is 19.4. The SMILES string of the molecule is O=C(O[C@H](C(=O)c1ccccc1)c1ccc(Cl)cc1)c1cc(Br)ccc1O. The number of hydrogen-bond acceptors (Lipinski definition) is 4. The zero-order valence-electron chi connectivity index (χ0n) is 13.9. The molecule has 0 fully saturated rings. The monoisotopic (exact) mass is 444 g/mol. The number of benzene rings is 3. The van der Waals surface area contributed by atoms with Crippen molar-refractivity contribution in [3.8, 4) is 5.75 Å². The number of phenolic OH excluding ortho intramolecular Hbond substituents is 1. The quantitative estimate of drug-likeness (QED) is 0.411. The molecular weight excluding hydrogens is 432 g/mol. The summed E-state index contributed by atoms with van der Waals surface area (Å²) >= 11 is 9.17. The van der Waals surface area contributed by atoms with Gasteiger partial charge in [0, 0.05) is 20.6 Å². The van der Waals surface area contributed by atoms with Crippen LogP contribution in [0.15, 0.2) is 77.3 Å². The highest BCUT2D eigenvalue weighted by Gasteiger charge is 2.27. The first-order valence-electron chi connectivity index (χ1n) is 8.00. The van der Waals surface area contributed by atoms with E-state index >= 15 is 0 Å². The van der Waals surface area contributed by atoms with Crippen LogP contribution < -0.4 is 0 Å². The van der Waals surface area contributed by atoms with Crippen LogP contribution in [0.4, 0.5) is 0 Å². The average Bonchev–Trinajstić information content (AvgIpc) is 2.69. The maximum absolute atomic E-state index is 13.0. The molecule has 1 atom stereocenters. The van der Waals surface area contributed by atoms with Crippen molar-refractivity contribution in [2.24, 2.45) is 0 Å². The summed E-state index contributed by atoms with van der Waals surface area (Å²) in [5, 5.41) is 10.5. The minimum absolute atomic E-state index is 0.0378. The summed E-state index contributed by atoms with van der Waals surface area (Å²) < 4.78 is 6.10. The molecule has 0 aliphatic rings. The minimum Gasteiger partial charge on any atom is -0.507 e. The number of carbonyl (C=O) groups is 2. The van der Waals surface area contributed by atoms with E-state index in [-0.39, 0.29) is 17.1 Å². The lowest BCUT2D eigenvalue weighted by Crippen LogP contribution is -2.20. The molecular formula is C21H14BrClO4. The highest BCUT2D eigenvalue weighted by Crippen LogP contribution is 2.28. The lowest BCUT2D eigenvalue weighted by molar-refractivity contribution is 0.0277. The number of rotatable bonds is 5. The van der Waals surface area contributed by atoms with E-state index in [2.05, 4.69) is 15.9 Å². The van der Waals surface area contributed by atoms with Crippen molar-refractivity contribution in [1.82, 2.24) is 0 Å². The predicted molar refractivity (Wildman–Crippen MR) is 106 cm³/mol. The van der Waals surface area contributed by atoms with Gasteiger partial charge >= 0.3 is 5.97 Å². The topological polar surface area (TPSA) is 63.6 Å². The molecule has 0 spiro atoms. The summed E-state index contributed by atoms with van der Waals surface area (Å²) in [7, 11) is 0. The van der Waals surface area contributed by atoms with Gasteiger partial charge in [-0.05, 0) is 30.3 Å². The molecule has 27 heavy (non-hydrogen) atoms. The molecule has 6 heteroatoms. The van der Waals surface area contributed by atoms with Crippen molar-refractivity contribution in [2.45, 2.75) is 6.10 Å². The Kier molecular flexibility index (Phi) is 5.94. The van der Waals surface area contributed by atoms with Gasteiger partial charge in [0.1, 0.15) is 11.3 Å². The summed E-state index contributed by atoms with van der Waals surface area (Å²) in [6.45, 7) is 0. The molecule has 136 valence electrons. The molecule has 0 saturated carbocycles. The van der Waals surface area contributed by atoms with Crippen molar-refractivity contribution in [1.29, 1.82) is 0 Å². The summed E-state index contributed by atoms with van der Waals surface area (Å²) in [5.41, 5.74) is 0.851. The highest BCUT2D eigenvalue weighted by molar-refractivity contribution is 9.10. The Labute approximate surface area is 169 Å². The first-order chi connectivity index (χ1) is 13.0. The van der Waals surface area contributed by atoms with Gasteiger partial charge in [-0.25, -0.2) is 4.79 Å². The molecule has 0 radical (unpaired) electrons. The van der Waals surface area contributed by atoms with E-state index in [1.54, 1.807) is 60.7 Å². The van der Waals surface area contributed by atoms with Crippen LogP contribution in [0, 0.1) is 0 Å². The fourth-order valence-corrected chi connectivity index (χ4v) is 2.99. The lowest BCUT2D eigenvalue weighted by Gasteiger charge is -2.18. The maximum Gasteiger partial charge on any atom is 0.343 e. The number of aromatic hydroxyl groups is 1. The molecule has 3 aromatic carbocycles. The summed E-state index contributed by atoms with van der Waals surface area (Å²) in [6, 6.07) is 19.4. The Balaban J connectivity index is 1.97. The van der Waals surface area contributed by atoms with Crippen LogP contribution in [-0.4, -0.2) is 16.9 Å². The van der Waals surface area contributed by atoms with Gasteiger partial charge in [-0.15, -0.1) is 0 Å². The van der Waals surface area contributed by atoms with E-state index in [1.807, 2.05) is 0 Å². The van der Waals surface area contributed by atoms with E-state index in [1.165, 1.54) is 12.1 Å². The molecule has 0 amide bonds. The van der Waals surface area contributed by atoms with Gasteiger partial charge in [0.05, 0.1) is 0 Å². The lowest BCUT2D eigenvalue weighted by atomic mass is 9.99. The van der Waals surface area contributed by atoms with Crippen LogP contribution in [-0.2, 0) is 4.74 Å². The third kappa shape index (κ3) is 4.56. The average molecular weight is 446 g/mol. The van der Waals surface area contributed by atoms with Crippen molar-refractivity contribution in [3.05, 3.63) is 99.0 Å². The third-order valence-electron chi connectivity index (χ3n) is 3.87. The highest BCUT2D eigenvalue weighted by atomic mass is 79.9. The molecule has 3 rings (SSSR count). The molecule has 0 aliphatic carbocycles. The Morgan fingerprint density at radius 3 is 2.30 bits per heavy atom. The number of hydrogen-bond donors (Lipinski definition) is 1. The van der Waals surface area contributed by atoms with E-state index < -0.39 is 12.1 Å². The second-order valence-electron chi connectivity index (χ2n) is 5.73. The third-order valence-corrected chi connectivity index (χ3v) is 4.62. The molecule has 0 aliphatic heterocycles. The maximum atomic E-state index is 13.0. The summed E-state index contributed by atoms with van der Waals surface area (Å²) in [6.07, 6.45) is -1.17. The number of ether oxygens (including phenoxy) is 1. The number of halogens is 2. The number of ketones is 1. The van der Waals surface area contributed by atoms with Crippen LogP contribution in [0.1, 0.15) is 32.4 Å². The normalized spacial score (nSPS) is 11.6. The van der Waals surface area contributed by atoms with Crippen molar-refractivity contribution in [2.75, 3.05) is 0 Å². The van der Waals surface area contributed by atoms with Crippen LogP contribution in [0.25, 0.3) is 0 Å². The van der Waals surface area contributed by atoms with Crippen LogP contribution in [0.3, 0.4) is 0 Å². The first-order valence-corrected chi connectivity index (χ1v) is 9.17. The van der Waals surface area contributed by atoms with E-state index in [4.69, 9.17) is 16.3 Å². The van der Waals surface area contributed by atoms with Gasteiger partial charge in [-0.1, -0.05) is 70.0 Å². The van der Waals surface area contributed by atoms with Gasteiger partial charge in [0.25, 0.3) is 0 Å². The Morgan fingerprint density at radius 1 is 0.963 bits per heavy atom. The predicted octanol–water partition coefficient (Wildman–Crippen LogP) is 5.59. The Morgan fingerprint density at radius 2 is 1.63 bits per heavy atom. The van der Waals surface area contributed by atoms with Gasteiger partial charge < -0.3 is 9.84 Å². The smallest absolute Gasteiger partial charge is 0.343 e. The summed E-state index contributed by atoms with van der Waals surface area (Å²) in [5.74, 6) is -1.41. The largest absolute Gasteiger partial charge is 0.507 e. The van der Waals surface area contributed by atoms with Crippen molar-refractivity contribution < 1.29 is 19.4 Å². The second-order valence-corrected chi connectivity index (χ2v) is 7.08. The fraction of sp³-hybridized carbons (Fsp3) is 0.0476. The fourth-order valence-electron chi connectivity index (χ4n) is 2.51. The standard InChI is InChI=1S/C21H14BrClO4/c22-15-8-11-18(24)17(12-15)21(26)27-20(14-6-9-16(23)10-7-14)19(25)13-4-2-1-3-5-13/h1-12,20,24H/t20-/m0/s1. The van der Waals surface area contributed by atoms with E-state index in [9.17, 15) is 14.7 Å². The van der Waals surface area contributed by atoms with Gasteiger partial charge in [0.15, 0.2) is 6.10 Å². The van der Waals surface area contributed by atoms with Crippen molar-refractivity contribution in [3.63, 3.8) is 0 Å². The number of phenols is 1. The van der Waals surface area contributed by atoms with Gasteiger partial charge in [0.2, 0.25) is 5.78 Å². The molecule has 0 heterocycles. The molecule has 4 nitrogen and oxygen atoms in total. The van der Waals surface area contributed by atoms with Crippen LogP contribution in [0.5, 0.6) is 5.75 Å². The van der Waals surface area contributed by atoms with Crippen LogP contribution >= 0.6 is 27.5 Å². The Bertz CT molecular complexity index is 971. The number of esters is 1. The van der Waals surface area contributed by atoms with Crippen molar-refractivity contribution >= 4 is 39.3 Å². The molecule has 0 unspecified atom stereocenters.